The van der Waals surface area contributed by atoms with Gasteiger partial charge in [0.25, 0.3) is 0 Å². The normalized spacial score (nSPS) is 20.2. The summed E-state index contributed by atoms with van der Waals surface area (Å²) in [6.45, 7) is 1.57. The van der Waals surface area contributed by atoms with E-state index in [1.807, 2.05) is 30.3 Å². The average molecular weight is 374 g/mol. The standard InChI is InChI=1S/C24H27N3O/c25-16-18-10-12-19(13-11-18)17-27-15-14-20-6-4-5-9-22(20)23(27)24(28)26-21-7-2-1-3-8-21/h4-6,9-13,21,23H,1-3,7-8,14-15,17H2,(H,26,28). The zero-order chi connectivity index (χ0) is 19.3. The SMILES string of the molecule is N#Cc1ccc(CN2CCc3ccccc3C2C(=O)NC2CCCCC2)cc1. The van der Waals surface area contributed by atoms with Crippen molar-refractivity contribution < 1.29 is 4.79 Å². The summed E-state index contributed by atoms with van der Waals surface area (Å²) in [6.07, 6.45) is 6.84. The number of nitriles is 1. The largest absolute Gasteiger partial charge is 0.352 e. The van der Waals surface area contributed by atoms with Crippen LogP contribution in [0.4, 0.5) is 0 Å². The fourth-order valence-electron chi connectivity index (χ4n) is 4.54. The van der Waals surface area contributed by atoms with Crippen molar-refractivity contribution in [3.63, 3.8) is 0 Å². The first kappa shape index (κ1) is 18.7. The van der Waals surface area contributed by atoms with Crippen LogP contribution in [-0.2, 0) is 17.8 Å². The number of carbonyl (C=O) groups is 1. The molecule has 2 aromatic carbocycles. The molecule has 4 nitrogen and oxygen atoms in total. The summed E-state index contributed by atoms with van der Waals surface area (Å²) in [4.78, 5) is 15.6. The molecular weight excluding hydrogens is 346 g/mol. The summed E-state index contributed by atoms with van der Waals surface area (Å²) < 4.78 is 0. The number of nitrogens with one attached hydrogen (secondary N) is 1. The second-order valence-electron chi connectivity index (χ2n) is 7.97. The molecule has 4 heteroatoms. The van der Waals surface area contributed by atoms with Gasteiger partial charge < -0.3 is 5.32 Å². The number of fused-ring (bicyclic) bond motifs is 1. The lowest BCUT2D eigenvalue weighted by molar-refractivity contribution is -0.128. The molecule has 1 fully saturated rings. The number of nitrogens with zero attached hydrogens (tertiary/aromatic N) is 2. The number of hydrogen-bond donors (Lipinski definition) is 1. The third-order valence-electron chi connectivity index (χ3n) is 6.05. The van der Waals surface area contributed by atoms with E-state index in [1.165, 1.54) is 24.8 Å². The first-order valence-electron chi connectivity index (χ1n) is 10.4. The molecule has 1 atom stereocenters. The Morgan fingerprint density at radius 3 is 2.57 bits per heavy atom. The van der Waals surface area contributed by atoms with E-state index in [-0.39, 0.29) is 11.9 Å². The van der Waals surface area contributed by atoms with Crippen LogP contribution >= 0.6 is 0 Å². The van der Waals surface area contributed by atoms with Crippen molar-refractivity contribution in [1.29, 1.82) is 5.26 Å². The number of benzene rings is 2. The predicted octanol–water partition coefficient (Wildman–Crippen LogP) is 4.11. The molecule has 0 aromatic heterocycles. The van der Waals surface area contributed by atoms with Gasteiger partial charge in [-0.2, -0.15) is 5.26 Å². The van der Waals surface area contributed by atoms with Gasteiger partial charge in [0.2, 0.25) is 5.91 Å². The topological polar surface area (TPSA) is 56.1 Å². The van der Waals surface area contributed by atoms with Gasteiger partial charge in [0.1, 0.15) is 6.04 Å². The fourth-order valence-corrected chi connectivity index (χ4v) is 4.54. The third kappa shape index (κ3) is 4.10. The van der Waals surface area contributed by atoms with Gasteiger partial charge >= 0.3 is 0 Å². The first-order chi connectivity index (χ1) is 13.7. The van der Waals surface area contributed by atoms with Crippen LogP contribution in [0.5, 0.6) is 0 Å². The van der Waals surface area contributed by atoms with E-state index in [2.05, 4.69) is 34.5 Å². The molecule has 2 aromatic rings. The molecule has 0 bridgehead atoms. The maximum absolute atomic E-state index is 13.3. The van der Waals surface area contributed by atoms with E-state index >= 15 is 0 Å². The summed E-state index contributed by atoms with van der Waals surface area (Å²) in [7, 11) is 0. The maximum Gasteiger partial charge on any atom is 0.242 e. The molecule has 4 rings (SSSR count). The van der Waals surface area contributed by atoms with Crippen molar-refractivity contribution in [2.24, 2.45) is 0 Å². The van der Waals surface area contributed by atoms with Crippen LogP contribution in [0.1, 0.15) is 60.4 Å². The summed E-state index contributed by atoms with van der Waals surface area (Å²) in [5.74, 6) is 0.132. The fraction of sp³-hybridized carbons (Fsp3) is 0.417. The second kappa shape index (κ2) is 8.58. The number of amides is 1. The van der Waals surface area contributed by atoms with Gasteiger partial charge in [0.05, 0.1) is 11.6 Å². The molecule has 28 heavy (non-hydrogen) atoms. The second-order valence-corrected chi connectivity index (χ2v) is 7.97. The highest BCUT2D eigenvalue weighted by Crippen LogP contribution is 2.32. The molecule has 144 valence electrons. The zero-order valence-electron chi connectivity index (χ0n) is 16.2. The summed E-state index contributed by atoms with van der Waals surface area (Å²) in [6, 6.07) is 18.3. The molecule has 1 heterocycles. The van der Waals surface area contributed by atoms with Crippen LogP contribution in [0.15, 0.2) is 48.5 Å². The molecule has 1 aliphatic heterocycles. The lowest BCUT2D eigenvalue weighted by atomic mass is 9.90. The molecule has 1 unspecified atom stereocenters. The minimum atomic E-state index is -0.248. The van der Waals surface area contributed by atoms with E-state index in [0.717, 1.165) is 36.9 Å². The van der Waals surface area contributed by atoms with Gasteiger partial charge in [-0.3, -0.25) is 9.69 Å². The third-order valence-corrected chi connectivity index (χ3v) is 6.05. The van der Waals surface area contributed by atoms with Gasteiger partial charge in [-0.05, 0) is 48.1 Å². The summed E-state index contributed by atoms with van der Waals surface area (Å²) >= 11 is 0. The lowest BCUT2D eigenvalue weighted by Gasteiger charge is -2.37. The van der Waals surface area contributed by atoms with Crippen LogP contribution in [0.25, 0.3) is 0 Å². The van der Waals surface area contributed by atoms with Crippen LogP contribution in [-0.4, -0.2) is 23.4 Å². The molecule has 0 saturated heterocycles. The minimum Gasteiger partial charge on any atom is -0.352 e. The molecule has 1 N–H and O–H groups in total. The highest BCUT2D eigenvalue weighted by Gasteiger charge is 2.33. The highest BCUT2D eigenvalue weighted by atomic mass is 16.2. The maximum atomic E-state index is 13.3. The number of hydrogen-bond acceptors (Lipinski definition) is 3. The number of rotatable bonds is 4. The van der Waals surface area contributed by atoms with E-state index < -0.39 is 0 Å². The van der Waals surface area contributed by atoms with Crippen LogP contribution in [0.3, 0.4) is 0 Å². The average Bonchev–Trinajstić information content (AvgIpc) is 2.74. The Kier molecular flexibility index (Phi) is 5.73. The Morgan fingerprint density at radius 2 is 1.82 bits per heavy atom. The van der Waals surface area contributed by atoms with Gasteiger partial charge in [0, 0.05) is 19.1 Å². The molecule has 1 amide bonds. The van der Waals surface area contributed by atoms with Crippen molar-refractivity contribution >= 4 is 5.91 Å². The van der Waals surface area contributed by atoms with Crippen LogP contribution in [0.2, 0.25) is 0 Å². The predicted molar refractivity (Wildman–Crippen MR) is 109 cm³/mol. The molecule has 2 aliphatic rings. The Labute approximate surface area is 167 Å². The van der Waals surface area contributed by atoms with Gasteiger partial charge in [0.15, 0.2) is 0 Å². The van der Waals surface area contributed by atoms with Crippen molar-refractivity contribution in [2.45, 2.75) is 57.2 Å². The van der Waals surface area contributed by atoms with E-state index in [1.54, 1.807) is 0 Å². The monoisotopic (exact) mass is 373 g/mol. The molecule has 0 spiro atoms. The van der Waals surface area contributed by atoms with Crippen molar-refractivity contribution in [2.75, 3.05) is 6.54 Å². The molecular formula is C24H27N3O. The number of carbonyl (C=O) groups excluding carboxylic acids is 1. The summed E-state index contributed by atoms with van der Waals surface area (Å²) in [5, 5.41) is 12.4. The van der Waals surface area contributed by atoms with Crippen LogP contribution in [0, 0.1) is 11.3 Å². The quantitative estimate of drug-likeness (QED) is 0.878. The van der Waals surface area contributed by atoms with Gasteiger partial charge in [-0.25, -0.2) is 0 Å². The van der Waals surface area contributed by atoms with Gasteiger partial charge in [-0.1, -0.05) is 55.7 Å². The Morgan fingerprint density at radius 1 is 1.07 bits per heavy atom. The Balaban J connectivity index is 1.56. The molecule has 0 radical (unpaired) electrons. The smallest absolute Gasteiger partial charge is 0.242 e. The highest BCUT2D eigenvalue weighted by molar-refractivity contribution is 5.84. The molecule has 1 aliphatic carbocycles. The van der Waals surface area contributed by atoms with Crippen molar-refractivity contribution in [1.82, 2.24) is 10.2 Å². The molecule has 1 saturated carbocycles. The first-order valence-corrected chi connectivity index (χ1v) is 10.4. The Bertz CT molecular complexity index is 862. The minimum absolute atomic E-state index is 0.132. The van der Waals surface area contributed by atoms with E-state index in [4.69, 9.17) is 5.26 Å². The zero-order valence-corrected chi connectivity index (χ0v) is 16.2. The van der Waals surface area contributed by atoms with Crippen LogP contribution < -0.4 is 5.32 Å². The van der Waals surface area contributed by atoms with E-state index in [0.29, 0.717) is 18.2 Å². The van der Waals surface area contributed by atoms with Gasteiger partial charge in [-0.15, -0.1) is 0 Å². The Hall–Kier alpha value is -2.64. The van der Waals surface area contributed by atoms with Crippen molar-refractivity contribution in [3.8, 4) is 6.07 Å². The summed E-state index contributed by atoms with van der Waals surface area (Å²) in [5.41, 5.74) is 4.21. The van der Waals surface area contributed by atoms with E-state index in [9.17, 15) is 4.79 Å². The lowest BCUT2D eigenvalue weighted by Crippen LogP contribution is -2.47. The van der Waals surface area contributed by atoms with Crippen molar-refractivity contribution in [3.05, 3.63) is 70.8 Å².